The summed E-state index contributed by atoms with van der Waals surface area (Å²) in [5.74, 6) is 0.765. The van der Waals surface area contributed by atoms with E-state index in [-0.39, 0.29) is 5.91 Å². The predicted octanol–water partition coefficient (Wildman–Crippen LogP) is 2.14. The van der Waals surface area contributed by atoms with Gasteiger partial charge in [-0.2, -0.15) is 0 Å². The van der Waals surface area contributed by atoms with Crippen molar-refractivity contribution in [3.63, 3.8) is 0 Å². The molecule has 4 nitrogen and oxygen atoms in total. The summed E-state index contributed by atoms with van der Waals surface area (Å²) in [7, 11) is 1.86. The van der Waals surface area contributed by atoms with E-state index in [1.165, 1.54) is 0 Å². The van der Waals surface area contributed by atoms with Crippen LogP contribution in [0, 0.1) is 0 Å². The van der Waals surface area contributed by atoms with Crippen molar-refractivity contribution < 1.29 is 9.53 Å². The van der Waals surface area contributed by atoms with Crippen LogP contribution in [0.25, 0.3) is 0 Å². The monoisotopic (exact) mass is 298 g/mol. The molecule has 0 saturated carbocycles. The summed E-state index contributed by atoms with van der Waals surface area (Å²) in [5, 5.41) is 5.87. The molecule has 0 bridgehead atoms. The number of hydrogen-bond acceptors (Lipinski definition) is 3. The summed E-state index contributed by atoms with van der Waals surface area (Å²) in [4.78, 5) is 11.9. The Morgan fingerprint density at radius 3 is 2.50 bits per heavy atom. The Morgan fingerprint density at radius 2 is 1.73 bits per heavy atom. The molecule has 2 rings (SSSR count). The van der Waals surface area contributed by atoms with Crippen LogP contribution in [-0.2, 0) is 17.8 Å². The lowest BCUT2D eigenvalue weighted by Gasteiger charge is -2.12. The average Bonchev–Trinajstić information content (AvgIpc) is 2.55. The van der Waals surface area contributed by atoms with E-state index in [2.05, 4.69) is 10.6 Å². The fourth-order valence-electron chi connectivity index (χ4n) is 2.09. The van der Waals surface area contributed by atoms with Crippen molar-refractivity contribution >= 4 is 5.91 Å². The number of hydrogen-bond donors (Lipinski definition) is 2. The molecule has 0 heterocycles. The van der Waals surface area contributed by atoms with Gasteiger partial charge in [-0.1, -0.05) is 48.5 Å². The first-order valence-corrected chi connectivity index (χ1v) is 7.45. The van der Waals surface area contributed by atoms with E-state index in [9.17, 15) is 4.79 Å². The molecule has 0 aliphatic rings. The highest BCUT2D eigenvalue weighted by Crippen LogP contribution is 2.19. The van der Waals surface area contributed by atoms with Gasteiger partial charge in [-0.25, -0.2) is 0 Å². The maximum absolute atomic E-state index is 11.9. The zero-order valence-corrected chi connectivity index (χ0v) is 12.8. The molecular weight excluding hydrogens is 276 g/mol. The first kappa shape index (κ1) is 16.0. The molecule has 0 saturated heterocycles. The molecule has 4 heteroatoms. The van der Waals surface area contributed by atoms with Crippen molar-refractivity contribution in [3.05, 3.63) is 65.7 Å². The topological polar surface area (TPSA) is 50.4 Å². The second-order valence-electron chi connectivity index (χ2n) is 5.01. The first-order valence-electron chi connectivity index (χ1n) is 7.45. The number of ether oxygens (including phenoxy) is 1. The number of benzene rings is 2. The summed E-state index contributed by atoms with van der Waals surface area (Å²) in [6.07, 6.45) is 0.328. The van der Waals surface area contributed by atoms with E-state index in [0.29, 0.717) is 19.6 Å². The minimum atomic E-state index is 0.00557. The summed E-state index contributed by atoms with van der Waals surface area (Å²) in [6, 6.07) is 17.7. The minimum absolute atomic E-state index is 0.00557. The third kappa shape index (κ3) is 5.22. The summed E-state index contributed by atoms with van der Waals surface area (Å²) in [5.41, 5.74) is 2.01. The maximum Gasteiger partial charge on any atom is 0.224 e. The maximum atomic E-state index is 11.9. The highest BCUT2D eigenvalue weighted by atomic mass is 16.5. The van der Waals surface area contributed by atoms with Crippen LogP contribution in [-0.4, -0.2) is 26.0 Å². The number of carbonyl (C=O) groups is 1. The molecule has 2 aromatic carbocycles. The van der Waals surface area contributed by atoms with Gasteiger partial charge < -0.3 is 15.4 Å². The molecule has 116 valence electrons. The van der Waals surface area contributed by atoms with Crippen LogP contribution < -0.4 is 15.4 Å². The zero-order valence-electron chi connectivity index (χ0n) is 12.8. The molecule has 2 aromatic rings. The van der Waals surface area contributed by atoms with Gasteiger partial charge in [0.15, 0.2) is 0 Å². The highest BCUT2D eigenvalue weighted by molar-refractivity contribution is 5.79. The van der Waals surface area contributed by atoms with Crippen LogP contribution in [0.15, 0.2) is 54.6 Å². The summed E-state index contributed by atoms with van der Waals surface area (Å²) >= 11 is 0. The van der Waals surface area contributed by atoms with Gasteiger partial charge in [0.2, 0.25) is 5.91 Å². The smallest absolute Gasteiger partial charge is 0.224 e. The van der Waals surface area contributed by atoms with E-state index >= 15 is 0 Å². The molecule has 0 fully saturated rings. The quantitative estimate of drug-likeness (QED) is 0.734. The van der Waals surface area contributed by atoms with E-state index in [0.717, 1.165) is 23.4 Å². The van der Waals surface area contributed by atoms with Gasteiger partial charge in [-0.3, -0.25) is 4.79 Å². The molecule has 2 N–H and O–H groups in total. The van der Waals surface area contributed by atoms with E-state index < -0.39 is 0 Å². The molecule has 0 aliphatic carbocycles. The molecule has 1 amide bonds. The third-order valence-electron chi connectivity index (χ3n) is 3.26. The fraction of sp³-hybridized carbons (Fsp3) is 0.278. The number of amides is 1. The van der Waals surface area contributed by atoms with Crippen molar-refractivity contribution in [1.82, 2.24) is 10.6 Å². The van der Waals surface area contributed by atoms with Crippen LogP contribution in [0.4, 0.5) is 0 Å². The summed E-state index contributed by atoms with van der Waals surface area (Å²) < 4.78 is 5.86. The average molecular weight is 298 g/mol. The fourth-order valence-corrected chi connectivity index (χ4v) is 2.09. The first-order chi connectivity index (χ1) is 10.8. The predicted molar refractivity (Wildman–Crippen MR) is 87.9 cm³/mol. The van der Waals surface area contributed by atoms with Crippen molar-refractivity contribution in [1.29, 1.82) is 0 Å². The lowest BCUT2D eigenvalue weighted by Crippen LogP contribution is -2.31. The minimum Gasteiger partial charge on any atom is -0.489 e. The Labute approximate surface area is 131 Å². The van der Waals surface area contributed by atoms with Crippen molar-refractivity contribution in [2.45, 2.75) is 13.0 Å². The van der Waals surface area contributed by atoms with Crippen LogP contribution in [0.5, 0.6) is 5.75 Å². The number of carbonyl (C=O) groups excluding carboxylic acids is 1. The number of nitrogens with one attached hydrogen (secondary N) is 2. The normalized spacial score (nSPS) is 10.2. The van der Waals surface area contributed by atoms with Crippen LogP contribution in [0.1, 0.15) is 11.1 Å². The molecule has 0 atom stereocenters. The van der Waals surface area contributed by atoms with Gasteiger partial charge >= 0.3 is 0 Å². The molecule has 0 spiro atoms. The number of rotatable bonds is 8. The second kappa shape index (κ2) is 8.85. The highest BCUT2D eigenvalue weighted by Gasteiger charge is 2.08. The van der Waals surface area contributed by atoms with Crippen LogP contribution >= 0.6 is 0 Å². The standard InChI is InChI=1S/C18H22N2O2/c1-19-11-12-20-18(21)13-16-9-5-6-10-17(16)22-14-15-7-3-2-4-8-15/h2-10,19H,11-14H2,1H3,(H,20,21). The van der Waals surface area contributed by atoms with Crippen molar-refractivity contribution in [2.75, 3.05) is 20.1 Å². The second-order valence-corrected chi connectivity index (χ2v) is 5.01. The van der Waals surface area contributed by atoms with Gasteiger partial charge in [0.05, 0.1) is 6.42 Å². The molecule has 0 radical (unpaired) electrons. The van der Waals surface area contributed by atoms with E-state index in [4.69, 9.17) is 4.74 Å². The SMILES string of the molecule is CNCCNC(=O)Cc1ccccc1OCc1ccccc1. The van der Waals surface area contributed by atoms with Gasteiger partial charge in [0.25, 0.3) is 0 Å². The molecule has 0 aromatic heterocycles. The van der Waals surface area contributed by atoms with Crippen LogP contribution in [0.3, 0.4) is 0 Å². The largest absolute Gasteiger partial charge is 0.489 e. The Balaban J connectivity index is 1.93. The molecule has 22 heavy (non-hydrogen) atoms. The van der Waals surface area contributed by atoms with Gasteiger partial charge in [0.1, 0.15) is 12.4 Å². The number of para-hydroxylation sites is 1. The Bertz CT molecular complexity index is 585. The molecular formula is C18H22N2O2. The van der Waals surface area contributed by atoms with Gasteiger partial charge in [-0.15, -0.1) is 0 Å². The van der Waals surface area contributed by atoms with E-state index in [1.54, 1.807) is 0 Å². The molecule has 0 unspecified atom stereocenters. The van der Waals surface area contributed by atoms with Crippen molar-refractivity contribution in [3.8, 4) is 5.75 Å². The van der Waals surface area contributed by atoms with Gasteiger partial charge in [-0.05, 0) is 18.7 Å². The molecule has 0 aliphatic heterocycles. The third-order valence-corrected chi connectivity index (χ3v) is 3.26. The Hall–Kier alpha value is -2.33. The van der Waals surface area contributed by atoms with Gasteiger partial charge in [0, 0.05) is 18.7 Å². The lowest BCUT2D eigenvalue weighted by atomic mass is 10.1. The van der Waals surface area contributed by atoms with E-state index in [1.807, 2.05) is 61.6 Å². The lowest BCUT2D eigenvalue weighted by molar-refractivity contribution is -0.120. The van der Waals surface area contributed by atoms with Crippen molar-refractivity contribution in [2.24, 2.45) is 0 Å². The number of likely N-dealkylation sites (N-methyl/N-ethyl adjacent to an activating group) is 1. The zero-order chi connectivity index (χ0) is 15.6. The Kier molecular flexibility index (Phi) is 6.45. The van der Waals surface area contributed by atoms with Crippen LogP contribution in [0.2, 0.25) is 0 Å². The summed E-state index contributed by atoms with van der Waals surface area (Å²) in [6.45, 7) is 1.89. The Morgan fingerprint density at radius 1 is 1.00 bits per heavy atom.